The molecule has 0 bridgehead atoms. The molecule has 0 atom stereocenters. The van der Waals surface area contributed by atoms with Crippen molar-refractivity contribution in [1.29, 1.82) is 0 Å². The van der Waals surface area contributed by atoms with E-state index in [0.717, 1.165) is 49.5 Å². The predicted molar refractivity (Wildman–Crippen MR) is 129 cm³/mol. The lowest BCUT2D eigenvalue weighted by molar-refractivity contribution is 0.0630. The summed E-state index contributed by atoms with van der Waals surface area (Å²) in [5, 5.41) is 6.94. The maximum atomic E-state index is 13.5. The molecule has 0 saturated carbocycles. The van der Waals surface area contributed by atoms with Crippen LogP contribution in [0.3, 0.4) is 0 Å². The minimum absolute atomic E-state index is 0.0685. The molecule has 0 spiro atoms. The van der Waals surface area contributed by atoms with Crippen LogP contribution in [-0.4, -0.2) is 51.7 Å². The van der Waals surface area contributed by atoms with Crippen molar-refractivity contribution in [2.24, 2.45) is 0 Å². The lowest BCUT2D eigenvalue weighted by Crippen LogP contribution is -2.48. The van der Waals surface area contributed by atoms with E-state index in [1.54, 1.807) is 11.3 Å². The second kappa shape index (κ2) is 9.51. The molecule has 0 unspecified atom stereocenters. The van der Waals surface area contributed by atoms with Crippen LogP contribution in [0.5, 0.6) is 0 Å². The summed E-state index contributed by atoms with van der Waals surface area (Å²) in [5.74, 6) is 0.0685. The Morgan fingerprint density at radius 1 is 0.844 bits per heavy atom. The topological polar surface area (TPSA) is 41.4 Å². The summed E-state index contributed by atoms with van der Waals surface area (Å²) in [6.45, 7) is 4.86. The molecule has 3 heterocycles. The third-order valence-electron chi connectivity index (χ3n) is 5.85. The minimum atomic E-state index is 0.0685. The highest BCUT2D eigenvalue weighted by Gasteiger charge is 2.26. The third kappa shape index (κ3) is 4.66. The average Bonchev–Trinajstić information content (AvgIpc) is 3.50. The van der Waals surface area contributed by atoms with Crippen molar-refractivity contribution < 1.29 is 4.79 Å². The Morgan fingerprint density at radius 3 is 2.25 bits per heavy atom. The lowest BCUT2D eigenvalue weighted by atomic mass is 10.1. The molecule has 0 N–H and O–H groups in total. The van der Waals surface area contributed by atoms with Gasteiger partial charge in [-0.1, -0.05) is 66.7 Å². The first-order chi connectivity index (χ1) is 15.8. The smallest absolute Gasteiger partial charge is 0.257 e. The molecule has 5 rings (SSSR count). The number of amides is 1. The van der Waals surface area contributed by atoms with Crippen LogP contribution in [0, 0.1) is 0 Å². The van der Waals surface area contributed by atoms with Gasteiger partial charge in [-0.25, -0.2) is 0 Å². The zero-order valence-electron chi connectivity index (χ0n) is 17.9. The highest BCUT2D eigenvalue weighted by atomic mass is 32.1. The van der Waals surface area contributed by atoms with Gasteiger partial charge in [0.05, 0.1) is 12.1 Å². The number of nitrogens with zero attached hydrogens (tertiary/aromatic N) is 4. The van der Waals surface area contributed by atoms with Crippen molar-refractivity contribution in [3.05, 3.63) is 100 Å². The molecule has 1 amide bonds. The highest BCUT2D eigenvalue weighted by molar-refractivity contribution is 7.09. The Balaban J connectivity index is 1.35. The number of hydrogen-bond donors (Lipinski definition) is 0. The van der Waals surface area contributed by atoms with Crippen LogP contribution in [0.2, 0.25) is 0 Å². The first-order valence-corrected chi connectivity index (χ1v) is 11.8. The van der Waals surface area contributed by atoms with E-state index in [4.69, 9.17) is 5.10 Å². The van der Waals surface area contributed by atoms with Crippen LogP contribution in [-0.2, 0) is 13.1 Å². The van der Waals surface area contributed by atoms with Gasteiger partial charge in [0.1, 0.15) is 5.69 Å². The summed E-state index contributed by atoms with van der Waals surface area (Å²) < 4.78 is 1.89. The van der Waals surface area contributed by atoms with E-state index in [2.05, 4.69) is 34.5 Å². The van der Waals surface area contributed by atoms with Gasteiger partial charge in [-0.05, 0) is 17.0 Å². The number of aromatic nitrogens is 2. The maximum Gasteiger partial charge on any atom is 0.257 e. The van der Waals surface area contributed by atoms with Gasteiger partial charge in [-0.2, -0.15) is 5.10 Å². The summed E-state index contributed by atoms with van der Waals surface area (Å²) in [7, 11) is 0. The van der Waals surface area contributed by atoms with Crippen molar-refractivity contribution in [2.75, 3.05) is 26.2 Å². The Morgan fingerprint density at radius 2 is 1.56 bits per heavy atom. The average molecular weight is 443 g/mol. The van der Waals surface area contributed by atoms with Gasteiger partial charge in [0.25, 0.3) is 5.91 Å². The highest BCUT2D eigenvalue weighted by Crippen LogP contribution is 2.24. The van der Waals surface area contributed by atoms with Gasteiger partial charge in [-0.3, -0.25) is 14.4 Å². The van der Waals surface area contributed by atoms with E-state index in [0.29, 0.717) is 12.1 Å². The van der Waals surface area contributed by atoms with Crippen molar-refractivity contribution >= 4 is 17.2 Å². The Labute approximate surface area is 192 Å². The molecule has 2 aromatic carbocycles. The number of hydrogen-bond acceptors (Lipinski definition) is 4. The second-order valence-electron chi connectivity index (χ2n) is 8.09. The number of carbonyl (C=O) groups is 1. The molecule has 1 fully saturated rings. The monoisotopic (exact) mass is 442 g/mol. The van der Waals surface area contributed by atoms with Crippen LogP contribution in [0.4, 0.5) is 0 Å². The van der Waals surface area contributed by atoms with Gasteiger partial charge in [-0.15, -0.1) is 11.3 Å². The fourth-order valence-corrected chi connectivity index (χ4v) is 4.89. The Kier molecular flexibility index (Phi) is 6.14. The SMILES string of the molecule is O=C(c1cn(Cc2ccccc2)nc1-c1ccccc1)N1CCN(Cc2cccs2)CC1. The molecule has 1 aliphatic rings. The molecule has 0 aliphatic carbocycles. The first kappa shape index (κ1) is 20.7. The molecule has 2 aromatic heterocycles. The maximum absolute atomic E-state index is 13.5. The molecule has 32 heavy (non-hydrogen) atoms. The molecule has 0 radical (unpaired) electrons. The number of benzene rings is 2. The summed E-state index contributed by atoms with van der Waals surface area (Å²) >= 11 is 1.79. The van der Waals surface area contributed by atoms with E-state index in [1.165, 1.54) is 4.88 Å². The molecule has 6 heteroatoms. The predicted octanol–water partition coefficient (Wildman–Crippen LogP) is 4.62. The van der Waals surface area contributed by atoms with Crippen molar-refractivity contribution in [3.63, 3.8) is 0 Å². The van der Waals surface area contributed by atoms with E-state index in [9.17, 15) is 4.79 Å². The van der Waals surface area contributed by atoms with Gasteiger partial charge >= 0.3 is 0 Å². The molecule has 5 nitrogen and oxygen atoms in total. The molecule has 162 valence electrons. The Bertz CT molecular complexity index is 1150. The largest absolute Gasteiger partial charge is 0.336 e. The van der Waals surface area contributed by atoms with Crippen LogP contribution >= 0.6 is 11.3 Å². The normalized spacial score (nSPS) is 14.6. The fraction of sp³-hybridized carbons (Fsp3) is 0.231. The van der Waals surface area contributed by atoms with Gasteiger partial charge < -0.3 is 4.90 Å². The molecule has 4 aromatic rings. The number of carbonyl (C=O) groups excluding carboxylic acids is 1. The van der Waals surface area contributed by atoms with E-state index >= 15 is 0 Å². The summed E-state index contributed by atoms with van der Waals surface area (Å²) in [4.78, 5) is 19.3. The fourth-order valence-electron chi connectivity index (χ4n) is 4.14. The number of piperazine rings is 1. The van der Waals surface area contributed by atoms with Crippen LogP contribution in [0.25, 0.3) is 11.3 Å². The first-order valence-electron chi connectivity index (χ1n) is 11.0. The molecular formula is C26H26N4OS. The molecule has 1 aliphatic heterocycles. The van der Waals surface area contributed by atoms with Gasteiger partial charge in [0.15, 0.2) is 0 Å². The van der Waals surface area contributed by atoms with Crippen molar-refractivity contribution in [3.8, 4) is 11.3 Å². The van der Waals surface area contributed by atoms with Crippen molar-refractivity contribution in [2.45, 2.75) is 13.1 Å². The quantitative estimate of drug-likeness (QED) is 0.438. The lowest BCUT2D eigenvalue weighted by Gasteiger charge is -2.34. The van der Waals surface area contributed by atoms with Crippen LogP contribution in [0.1, 0.15) is 20.8 Å². The van der Waals surface area contributed by atoms with E-state index in [1.807, 2.05) is 64.3 Å². The molecular weight excluding hydrogens is 416 g/mol. The Hall–Kier alpha value is -3.22. The van der Waals surface area contributed by atoms with Crippen LogP contribution in [0.15, 0.2) is 84.4 Å². The summed E-state index contributed by atoms with van der Waals surface area (Å²) in [5.41, 5.74) is 3.57. The van der Waals surface area contributed by atoms with Crippen molar-refractivity contribution in [1.82, 2.24) is 19.6 Å². The standard InChI is InChI=1S/C26H26N4OS/c31-26(29-15-13-28(14-16-29)19-23-12-7-17-32-23)24-20-30(18-21-8-3-1-4-9-21)27-25(24)22-10-5-2-6-11-22/h1-12,17,20H,13-16,18-19H2. The third-order valence-corrected chi connectivity index (χ3v) is 6.71. The van der Waals surface area contributed by atoms with Gasteiger partial charge in [0, 0.05) is 49.4 Å². The van der Waals surface area contributed by atoms with Gasteiger partial charge in [0.2, 0.25) is 0 Å². The number of rotatable bonds is 6. The zero-order valence-corrected chi connectivity index (χ0v) is 18.7. The summed E-state index contributed by atoms with van der Waals surface area (Å²) in [6, 6.07) is 24.5. The minimum Gasteiger partial charge on any atom is -0.336 e. The number of thiophene rings is 1. The van der Waals surface area contributed by atoms with E-state index in [-0.39, 0.29) is 5.91 Å². The summed E-state index contributed by atoms with van der Waals surface area (Å²) in [6.07, 6.45) is 1.91. The second-order valence-corrected chi connectivity index (χ2v) is 9.12. The van der Waals surface area contributed by atoms with E-state index < -0.39 is 0 Å². The van der Waals surface area contributed by atoms with Crippen LogP contribution < -0.4 is 0 Å². The molecule has 1 saturated heterocycles. The zero-order chi connectivity index (χ0) is 21.8.